The Morgan fingerprint density at radius 2 is 1.92 bits per heavy atom. The maximum Gasteiger partial charge on any atom is 0.416 e. The summed E-state index contributed by atoms with van der Waals surface area (Å²) in [7, 11) is 0. The van der Waals surface area contributed by atoms with Crippen LogP contribution >= 0.6 is 0 Å². The summed E-state index contributed by atoms with van der Waals surface area (Å²) in [5.74, 6) is 0.509. The zero-order valence-electron chi connectivity index (χ0n) is 13.9. The fraction of sp³-hybridized carbons (Fsp3) is 0.278. The van der Waals surface area contributed by atoms with Gasteiger partial charge in [0.05, 0.1) is 17.9 Å². The second-order valence-electron chi connectivity index (χ2n) is 5.58. The average Bonchev–Trinajstić information content (AvgIpc) is 3.07. The van der Waals surface area contributed by atoms with Gasteiger partial charge in [0.15, 0.2) is 11.5 Å². The molecule has 5 nitrogen and oxygen atoms in total. The second-order valence-corrected chi connectivity index (χ2v) is 5.58. The van der Waals surface area contributed by atoms with E-state index in [2.05, 4.69) is 5.32 Å². The smallest absolute Gasteiger partial charge is 0.416 e. The van der Waals surface area contributed by atoms with Crippen molar-refractivity contribution in [2.75, 3.05) is 18.7 Å². The van der Waals surface area contributed by atoms with Crippen LogP contribution in [0.25, 0.3) is 0 Å². The molecule has 0 aromatic heterocycles. The molecule has 0 radical (unpaired) electrons. The molecule has 0 saturated carbocycles. The van der Waals surface area contributed by atoms with Crippen molar-refractivity contribution in [3.63, 3.8) is 0 Å². The highest BCUT2D eigenvalue weighted by molar-refractivity contribution is 6.05. The third kappa shape index (κ3) is 3.84. The molecule has 0 fully saturated rings. The first-order chi connectivity index (χ1) is 12.4. The first-order valence-corrected chi connectivity index (χ1v) is 7.93. The van der Waals surface area contributed by atoms with Gasteiger partial charge >= 0.3 is 6.18 Å². The van der Waals surface area contributed by atoms with E-state index in [0.29, 0.717) is 24.5 Å². The van der Waals surface area contributed by atoms with E-state index >= 15 is 0 Å². The van der Waals surface area contributed by atoms with Crippen LogP contribution in [0.3, 0.4) is 0 Å². The van der Waals surface area contributed by atoms with E-state index < -0.39 is 17.6 Å². The van der Waals surface area contributed by atoms with E-state index in [1.54, 1.807) is 6.07 Å². The molecule has 0 aliphatic carbocycles. The first-order valence-electron chi connectivity index (χ1n) is 7.93. The van der Waals surface area contributed by atoms with Gasteiger partial charge in [-0.2, -0.15) is 13.2 Å². The number of carbonyl (C=O) groups is 1. The molecule has 0 spiro atoms. The summed E-state index contributed by atoms with van der Waals surface area (Å²) >= 11 is 0. The summed E-state index contributed by atoms with van der Waals surface area (Å²) in [6, 6.07) is 7.52. The Balaban J connectivity index is 1.87. The lowest BCUT2D eigenvalue weighted by molar-refractivity contribution is -0.137. The Hall–Kier alpha value is -2.90. The minimum absolute atomic E-state index is 0.0454. The maximum atomic E-state index is 13.0. The van der Waals surface area contributed by atoms with Gasteiger partial charge < -0.3 is 19.5 Å². The molecule has 138 valence electrons. The first kappa shape index (κ1) is 17.9. The minimum Gasteiger partial charge on any atom is -0.491 e. The lowest BCUT2D eigenvalue weighted by Gasteiger charge is -2.15. The van der Waals surface area contributed by atoms with Gasteiger partial charge in [-0.25, -0.2) is 0 Å². The zero-order chi connectivity index (χ0) is 18.7. The van der Waals surface area contributed by atoms with Gasteiger partial charge in [-0.05, 0) is 42.8 Å². The molecule has 1 N–H and O–H groups in total. The molecule has 0 unspecified atom stereocenters. The largest absolute Gasteiger partial charge is 0.491 e. The van der Waals surface area contributed by atoms with Gasteiger partial charge in [-0.1, -0.05) is 6.92 Å². The number of ether oxygens (including phenoxy) is 3. The van der Waals surface area contributed by atoms with Crippen molar-refractivity contribution in [1.82, 2.24) is 0 Å². The highest BCUT2D eigenvalue weighted by Crippen LogP contribution is 2.36. The fourth-order valence-corrected chi connectivity index (χ4v) is 2.37. The standard InChI is InChI=1S/C18H16F3NO4/c1-2-7-24-14-6-4-12(18(19,20)21)9-13(14)22-17(23)11-3-5-15-16(8-11)26-10-25-15/h3-6,8-9H,2,7,10H2,1H3,(H,22,23). The van der Waals surface area contributed by atoms with Crippen LogP contribution in [0, 0.1) is 0 Å². The van der Waals surface area contributed by atoms with Crippen LogP contribution < -0.4 is 19.5 Å². The molecule has 3 rings (SSSR count). The van der Waals surface area contributed by atoms with Crippen LogP contribution in [-0.4, -0.2) is 19.3 Å². The van der Waals surface area contributed by atoms with Crippen molar-refractivity contribution < 1.29 is 32.2 Å². The number of amides is 1. The maximum absolute atomic E-state index is 13.0. The monoisotopic (exact) mass is 367 g/mol. The van der Waals surface area contributed by atoms with Gasteiger partial charge in [0.25, 0.3) is 5.91 Å². The van der Waals surface area contributed by atoms with Crippen molar-refractivity contribution in [3.05, 3.63) is 47.5 Å². The number of alkyl halides is 3. The molecule has 0 bridgehead atoms. The van der Waals surface area contributed by atoms with Crippen LogP contribution in [0.1, 0.15) is 29.3 Å². The van der Waals surface area contributed by atoms with E-state index in [-0.39, 0.29) is 23.8 Å². The van der Waals surface area contributed by atoms with E-state index in [1.807, 2.05) is 6.92 Å². The SMILES string of the molecule is CCCOc1ccc(C(F)(F)F)cc1NC(=O)c1ccc2c(c1)OCO2. The Morgan fingerprint density at radius 1 is 1.15 bits per heavy atom. The summed E-state index contributed by atoms with van der Waals surface area (Å²) in [4.78, 5) is 12.5. The van der Waals surface area contributed by atoms with Gasteiger partial charge in [0.2, 0.25) is 6.79 Å². The minimum atomic E-state index is -4.53. The fourth-order valence-electron chi connectivity index (χ4n) is 2.37. The van der Waals surface area contributed by atoms with Crippen LogP contribution in [0.2, 0.25) is 0 Å². The van der Waals surface area contributed by atoms with Crippen LogP contribution in [0.4, 0.5) is 18.9 Å². The molecule has 26 heavy (non-hydrogen) atoms. The van der Waals surface area contributed by atoms with E-state index in [0.717, 1.165) is 12.1 Å². The Kier molecular flexibility index (Phi) is 4.92. The molecule has 8 heteroatoms. The number of halogens is 3. The summed E-state index contributed by atoms with van der Waals surface area (Å²) in [6.07, 6.45) is -3.85. The highest BCUT2D eigenvalue weighted by atomic mass is 19.4. The Bertz CT molecular complexity index is 821. The van der Waals surface area contributed by atoms with E-state index in [1.165, 1.54) is 18.2 Å². The highest BCUT2D eigenvalue weighted by Gasteiger charge is 2.31. The Morgan fingerprint density at radius 3 is 2.65 bits per heavy atom. The second kappa shape index (κ2) is 7.15. The summed E-state index contributed by atoms with van der Waals surface area (Å²) in [5, 5.41) is 2.48. The lowest BCUT2D eigenvalue weighted by atomic mass is 10.1. The predicted molar refractivity (Wildman–Crippen MR) is 87.7 cm³/mol. The van der Waals surface area contributed by atoms with Crippen LogP contribution in [0.5, 0.6) is 17.2 Å². The molecule has 2 aromatic carbocycles. The van der Waals surface area contributed by atoms with Crippen LogP contribution in [-0.2, 0) is 6.18 Å². The molecular formula is C18H16F3NO4. The summed E-state index contributed by atoms with van der Waals surface area (Å²) in [5.41, 5.74) is -0.689. The number of rotatable bonds is 5. The van der Waals surface area contributed by atoms with Gasteiger partial charge in [0.1, 0.15) is 5.75 Å². The van der Waals surface area contributed by atoms with Crippen LogP contribution in [0.15, 0.2) is 36.4 Å². The number of benzene rings is 2. The van der Waals surface area contributed by atoms with Gasteiger partial charge in [-0.3, -0.25) is 4.79 Å². The molecule has 1 aliphatic rings. The number of hydrogen-bond donors (Lipinski definition) is 1. The number of carbonyl (C=O) groups excluding carboxylic acids is 1. The summed E-state index contributed by atoms with van der Waals surface area (Å²) < 4.78 is 54.7. The molecule has 0 saturated heterocycles. The van der Waals surface area contributed by atoms with Crippen molar-refractivity contribution in [2.24, 2.45) is 0 Å². The summed E-state index contributed by atoms with van der Waals surface area (Å²) in [6.45, 7) is 2.25. The van der Waals surface area contributed by atoms with Gasteiger partial charge in [-0.15, -0.1) is 0 Å². The van der Waals surface area contributed by atoms with Crippen molar-refractivity contribution >= 4 is 11.6 Å². The van der Waals surface area contributed by atoms with Crippen molar-refractivity contribution in [3.8, 4) is 17.2 Å². The zero-order valence-corrected chi connectivity index (χ0v) is 13.9. The third-order valence-electron chi connectivity index (χ3n) is 3.65. The average molecular weight is 367 g/mol. The normalized spacial score (nSPS) is 12.8. The number of hydrogen-bond acceptors (Lipinski definition) is 4. The van der Waals surface area contributed by atoms with Gasteiger partial charge in [0, 0.05) is 5.56 Å². The van der Waals surface area contributed by atoms with Crippen molar-refractivity contribution in [2.45, 2.75) is 19.5 Å². The molecule has 2 aromatic rings. The molecular weight excluding hydrogens is 351 g/mol. The van der Waals surface area contributed by atoms with E-state index in [9.17, 15) is 18.0 Å². The Labute approximate surface area is 147 Å². The lowest BCUT2D eigenvalue weighted by Crippen LogP contribution is -2.14. The molecule has 1 aliphatic heterocycles. The third-order valence-corrected chi connectivity index (χ3v) is 3.65. The number of anilines is 1. The number of nitrogens with one attached hydrogen (secondary N) is 1. The topological polar surface area (TPSA) is 56.8 Å². The quantitative estimate of drug-likeness (QED) is 0.847. The molecule has 0 atom stereocenters. The molecule has 1 heterocycles. The van der Waals surface area contributed by atoms with Crippen molar-refractivity contribution in [1.29, 1.82) is 0 Å². The predicted octanol–water partition coefficient (Wildman–Crippen LogP) is 4.48. The number of fused-ring (bicyclic) bond motifs is 1. The van der Waals surface area contributed by atoms with E-state index in [4.69, 9.17) is 14.2 Å². The molecule has 1 amide bonds.